The van der Waals surface area contributed by atoms with Gasteiger partial charge in [-0.15, -0.1) is 0 Å². The first kappa shape index (κ1) is 14.6. The summed E-state index contributed by atoms with van der Waals surface area (Å²) in [6, 6.07) is 2.46. The van der Waals surface area contributed by atoms with Crippen LogP contribution in [0.25, 0.3) is 0 Å². The highest BCUT2D eigenvalue weighted by Crippen LogP contribution is 2.19. The van der Waals surface area contributed by atoms with Gasteiger partial charge in [0.2, 0.25) is 0 Å². The molecule has 0 saturated carbocycles. The third-order valence-corrected chi connectivity index (χ3v) is 3.95. The Morgan fingerprint density at radius 2 is 2.26 bits per heavy atom. The molecule has 5 heteroatoms. The number of aromatic nitrogens is 1. The van der Waals surface area contributed by atoms with Gasteiger partial charge in [0, 0.05) is 22.8 Å². The Morgan fingerprint density at radius 3 is 3.00 bits per heavy atom. The molecule has 2 rings (SSSR count). The lowest BCUT2D eigenvalue weighted by molar-refractivity contribution is 0.0923. The van der Waals surface area contributed by atoms with Gasteiger partial charge in [0.15, 0.2) is 0 Å². The predicted octanol–water partition coefficient (Wildman–Crippen LogP) is 2.70. The smallest absolute Gasteiger partial charge is 0.268 e. The number of nitrogens with one attached hydrogen (secondary N) is 2. The van der Waals surface area contributed by atoms with Gasteiger partial charge in [0.1, 0.15) is 5.69 Å². The average Bonchev–Trinajstić information content (AvgIpc) is 2.58. The van der Waals surface area contributed by atoms with E-state index in [-0.39, 0.29) is 18.0 Å². The minimum Gasteiger partial charge on any atom is -0.348 e. The Balaban J connectivity index is 2.06. The molecule has 0 aromatic carbocycles. The molecule has 0 aliphatic carbocycles. The molecule has 0 bridgehead atoms. The van der Waals surface area contributed by atoms with Crippen molar-refractivity contribution in [3.05, 3.63) is 22.4 Å². The van der Waals surface area contributed by atoms with Crippen molar-refractivity contribution in [3.63, 3.8) is 0 Å². The van der Waals surface area contributed by atoms with Crippen LogP contribution in [0.3, 0.4) is 0 Å². The molecule has 0 spiro atoms. The van der Waals surface area contributed by atoms with Crippen molar-refractivity contribution >= 4 is 21.8 Å². The maximum atomic E-state index is 12.4. The van der Waals surface area contributed by atoms with E-state index in [1.165, 1.54) is 0 Å². The van der Waals surface area contributed by atoms with Crippen molar-refractivity contribution in [1.29, 1.82) is 0 Å². The van der Waals surface area contributed by atoms with Crippen LogP contribution in [0.1, 0.15) is 49.6 Å². The molecule has 106 valence electrons. The van der Waals surface area contributed by atoms with E-state index in [2.05, 4.69) is 40.4 Å². The summed E-state index contributed by atoms with van der Waals surface area (Å²) in [6.07, 6.45) is 5.16. The van der Waals surface area contributed by atoms with Crippen molar-refractivity contribution in [2.24, 2.45) is 0 Å². The highest BCUT2D eigenvalue weighted by molar-refractivity contribution is 9.10. The molecule has 1 unspecified atom stereocenters. The summed E-state index contributed by atoms with van der Waals surface area (Å²) in [5.41, 5.74) is 0.735. The third kappa shape index (κ3) is 3.83. The summed E-state index contributed by atoms with van der Waals surface area (Å²) in [6.45, 7) is 6.21. The first-order chi connectivity index (χ1) is 9.08. The number of rotatable bonds is 3. The Morgan fingerprint density at radius 1 is 1.47 bits per heavy atom. The van der Waals surface area contributed by atoms with E-state index in [9.17, 15) is 4.79 Å². The van der Waals surface area contributed by atoms with Gasteiger partial charge in [0.05, 0.1) is 0 Å². The quantitative estimate of drug-likeness (QED) is 0.896. The summed E-state index contributed by atoms with van der Waals surface area (Å²) in [5.74, 6) is 0.0336. The highest BCUT2D eigenvalue weighted by Gasteiger charge is 2.19. The summed E-state index contributed by atoms with van der Waals surface area (Å²) in [4.78, 5) is 12.4. The summed E-state index contributed by atoms with van der Waals surface area (Å²) >= 11 is 3.45. The van der Waals surface area contributed by atoms with E-state index in [1.807, 2.05) is 16.8 Å². The van der Waals surface area contributed by atoms with Gasteiger partial charge in [-0.25, -0.2) is 0 Å². The number of carbonyl (C=O) groups is 1. The lowest BCUT2D eigenvalue weighted by atomic mass is 10.1. The highest BCUT2D eigenvalue weighted by atomic mass is 79.9. The van der Waals surface area contributed by atoms with Crippen LogP contribution in [0.15, 0.2) is 16.7 Å². The number of nitrogens with zero attached hydrogens (tertiary/aromatic N) is 1. The van der Waals surface area contributed by atoms with Gasteiger partial charge >= 0.3 is 0 Å². The predicted molar refractivity (Wildman–Crippen MR) is 80.5 cm³/mol. The fourth-order valence-electron chi connectivity index (χ4n) is 2.48. The lowest BCUT2D eigenvalue weighted by Gasteiger charge is -2.18. The van der Waals surface area contributed by atoms with Crippen LogP contribution < -0.4 is 10.6 Å². The zero-order valence-electron chi connectivity index (χ0n) is 11.6. The van der Waals surface area contributed by atoms with Crippen LogP contribution in [0.5, 0.6) is 0 Å². The minimum absolute atomic E-state index is 0.0336. The van der Waals surface area contributed by atoms with Gasteiger partial charge in [-0.2, -0.15) is 0 Å². The molecule has 4 nitrogen and oxygen atoms in total. The average molecular weight is 328 g/mol. The van der Waals surface area contributed by atoms with E-state index in [0.717, 1.165) is 42.5 Å². The standard InChI is InChI=1S/C14H22BrN3O/c1-10(2)18-9-11(15)8-13(18)14(19)17-12-4-3-6-16-7-5-12/h8-10,12,16H,3-7H2,1-2H3,(H,17,19). The van der Waals surface area contributed by atoms with E-state index in [0.29, 0.717) is 0 Å². The molecule has 1 aliphatic rings. The molecule has 2 N–H and O–H groups in total. The molecule has 1 amide bonds. The monoisotopic (exact) mass is 327 g/mol. The van der Waals surface area contributed by atoms with E-state index < -0.39 is 0 Å². The maximum absolute atomic E-state index is 12.4. The van der Waals surface area contributed by atoms with Crippen LogP contribution in [0, 0.1) is 0 Å². The molecular formula is C14H22BrN3O. The minimum atomic E-state index is 0.0336. The second-order valence-corrected chi connectivity index (χ2v) is 6.31. The topological polar surface area (TPSA) is 46.1 Å². The number of hydrogen-bond donors (Lipinski definition) is 2. The second kappa shape index (κ2) is 6.57. The Hall–Kier alpha value is -0.810. The van der Waals surface area contributed by atoms with Gasteiger partial charge in [-0.05, 0) is 68.2 Å². The second-order valence-electron chi connectivity index (χ2n) is 5.40. The molecule has 1 aromatic heterocycles. The number of amides is 1. The fraction of sp³-hybridized carbons (Fsp3) is 0.643. The molecule has 1 fully saturated rings. The number of carbonyl (C=O) groups excluding carboxylic acids is 1. The first-order valence-electron chi connectivity index (χ1n) is 6.97. The molecule has 1 atom stereocenters. The van der Waals surface area contributed by atoms with Gasteiger partial charge in [0.25, 0.3) is 5.91 Å². The van der Waals surface area contributed by atoms with Crippen LogP contribution in [-0.2, 0) is 0 Å². The van der Waals surface area contributed by atoms with Crippen molar-refractivity contribution in [3.8, 4) is 0 Å². The van der Waals surface area contributed by atoms with Gasteiger partial charge < -0.3 is 15.2 Å². The Kier molecular flexibility index (Phi) is 5.05. The van der Waals surface area contributed by atoms with Crippen LogP contribution in [0.2, 0.25) is 0 Å². The summed E-state index contributed by atoms with van der Waals surface area (Å²) in [5, 5.41) is 6.52. The van der Waals surface area contributed by atoms with Crippen molar-refractivity contribution < 1.29 is 4.79 Å². The van der Waals surface area contributed by atoms with Crippen LogP contribution >= 0.6 is 15.9 Å². The van der Waals surface area contributed by atoms with Crippen molar-refractivity contribution in [1.82, 2.24) is 15.2 Å². The Labute approximate surface area is 123 Å². The summed E-state index contributed by atoms with van der Waals surface area (Å²) < 4.78 is 2.96. The molecule has 19 heavy (non-hydrogen) atoms. The molecular weight excluding hydrogens is 306 g/mol. The van der Waals surface area contributed by atoms with Crippen LogP contribution in [0.4, 0.5) is 0 Å². The van der Waals surface area contributed by atoms with Gasteiger partial charge in [-0.3, -0.25) is 4.79 Å². The zero-order valence-corrected chi connectivity index (χ0v) is 13.2. The van der Waals surface area contributed by atoms with E-state index in [1.54, 1.807) is 0 Å². The number of hydrogen-bond acceptors (Lipinski definition) is 2. The normalized spacial score (nSPS) is 20.3. The maximum Gasteiger partial charge on any atom is 0.268 e. The SMILES string of the molecule is CC(C)n1cc(Br)cc1C(=O)NC1CCCNCC1. The largest absolute Gasteiger partial charge is 0.348 e. The van der Waals surface area contributed by atoms with Crippen molar-refractivity contribution in [2.75, 3.05) is 13.1 Å². The molecule has 1 saturated heterocycles. The fourth-order valence-corrected chi connectivity index (χ4v) is 2.92. The third-order valence-electron chi connectivity index (χ3n) is 3.52. The molecule has 0 radical (unpaired) electrons. The van der Waals surface area contributed by atoms with Crippen molar-refractivity contribution in [2.45, 2.75) is 45.2 Å². The molecule has 2 heterocycles. The summed E-state index contributed by atoms with van der Waals surface area (Å²) in [7, 11) is 0. The van der Waals surface area contributed by atoms with Crippen LogP contribution in [-0.4, -0.2) is 29.6 Å². The van der Waals surface area contributed by atoms with Gasteiger partial charge in [-0.1, -0.05) is 0 Å². The van der Waals surface area contributed by atoms with E-state index in [4.69, 9.17) is 0 Å². The zero-order chi connectivity index (χ0) is 13.8. The van der Waals surface area contributed by atoms with E-state index >= 15 is 0 Å². The lowest BCUT2D eigenvalue weighted by Crippen LogP contribution is -2.36. The first-order valence-corrected chi connectivity index (χ1v) is 7.76. The number of halogens is 1. The molecule has 1 aliphatic heterocycles. The molecule has 1 aromatic rings. The Bertz CT molecular complexity index is 434.